The second kappa shape index (κ2) is 9.07. The summed E-state index contributed by atoms with van der Waals surface area (Å²) >= 11 is 17.8. The van der Waals surface area contributed by atoms with Gasteiger partial charge < -0.3 is 19.3 Å². The Morgan fingerprint density at radius 2 is 1.67 bits per heavy atom. The first kappa shape index (κ1) is 21.0. The van der Waals surface area contributed by atoms with Crippen molar-refractivity contribution in [3.8, 4) is 17.2 Å². The number of carbonyl (C=O) groups is 1. The molecule has 0 spiro atoms. The molecule has 2 rings (SSSR count). The summed E-state index contributed by atoms with van der Waals surface area (Å²) in [6.45, 7) is 0.103. The quantitative estimate of drug-likeness (QED) is 0.483. The van der Waals surface area contributed by atoms with E-state index in [-0.39, 0.29) is 27.4 Å². The molecule has 1 aromatic heterocycles. The van der Waals surface area contributed by atoms with E-state index in [2.05, 4.69) is 15.2 Å². The molecule has 0 aliphatic rings. The van der Waals surface area contributed by atoms with Crippen LogP contribution in [-0.4, -0.2) is 37.4 Å². The van der Waals surface area contributed by atoms with E-state index in [1.807, 2.05) is 0 Å². The number of ether oxygens (including phenoxy) is 3. The highest BCUT2D eigenvalue weighted by atomic mass is 35.5. The van der Waals surface area contributed by atoms with Gasteiger partial charge in [-0.25, -0.2) is 9.78 Å². The highest BCUT2D eigenvalue weighted by Crippen LogP contribution is 2.40. The molecule has 0 saturated carbocycles. The van der Waals surface area contributed by atoms with E-state index in [4.69, 9.17) is 54.1 Å². The first-order chi connectivity index (χ1) is 12.8. The van der Waals surface area contributed by atoms with Gasteiger partial charge in [-0.15, -0.1) is 0 Å². The first-order valence-corrected chi connectivity index (χ1v) is 8.41. The van der Waals surface area contributed by atoms with Crippen LogP contribution < -0.4 is 14.2 Å². The summed E-state index contributed by atoms with van der Waals surface area (Å²) in [7, 11) is 4.49. The predicted molar refractivity (Wildman–Crippen MR) is 101 cm³/mol. The third-order valence-electron chi connectivity index (χ3n) is 3.37. The number of hydrogen-bond acceptors (Lipinski definition) is 7. The number of azo groups is 1. The molecule has 0 fully saturated rings. The molecule has 0 atom stereocenters. The Hall–Kier alpha value is -2.29. The minimum Gasteiger partial charge on any atom is -0.493 e. The molecule has 0 saturated heterocycles. The van der Waals surface area contributed by atoms with Crippen molar-refractivity contribution in [3.63, 3.8) is 0 Å². The Kier molecular flexibility index (Phi) is 7.06. The van der Waals surface area contributed by atoms with Crippen molar-refractivity contribution in [1.29, 1.82) is 0 Å². The Bertz CT molecular complexity index is 880. The van der Waals surface area contributed by atoms with Crippen molar-refractivity contribution in [1.82, 2.24) is 4.98 Å². The van der Waals surface area contributed by atoms with E-state index >= 15 is 0 Å². The molecule has 0 amide bonds. The molecule has 27 heavy (non-hydrogen) atoms. The Morgan fingerprint density at radius 3 is 2.15 bits per heavy atom. The Balaban J connectivity index is 2.37. The van der Waals surface area contributed by atoms with Crippen LogP contribution in [0.2, 0.25) is 15.2 Å². The van der Waals surface area contributed by atoms with E-state index in [0.29, 0.717) is 22.8 Å². The predicted octanol–water partition coefficient (Wildman–Crippen LogP) is 5.05. The molecule has 0 aliphatic heterocycles. The number of methoxy groups -OCH3 is 3. The van der Waals surface area contributed by atoms with E-state index in [0.717, 1.165) is 0 Å². The zero-order valence-corrected chi connectivity index (χ0v) is 16.7. The molecule has 0 aliphatic carbocycles. The molecule has 0 unspecified atom stereocenters. The molecule has 0 bridgehead atoms. The van der Waals surface area contributed by atoms with Gasteiger partial charge in [-0.2, -0.15) is 10.2 Å². The van der Waals surface area contributed by atoms with Gasteiger partial charge in [0.2, 0.25) is 5.75 Å². The van der Waals surface area contributed by atoms with Crippen molar-refractivity contribution in [3.05, 3.63) is 38.6 Å². The molecular formula is C16H14Cl3N3O5. The molecule has 0 radical (unpaired) electrons. The summed E-state index contributed by atoms with van der Waals surface area (Å²) in [5.74, 6) is -0.00472. The van der Waals surface area contributed by atoms with Crippen LogP contribution in [-0.2, 0) is 6.54 Å². The summed E-state index contributed by atoms with van der Waals surface area (Å²) in [5, 5.41) is 16.4. The van der Waals surface area contributed by atoms with Crippen LogP contribution >= 0.6 is 34.8 Å². The minimum atomic E-state index is -1.36. The second-order valence-corrected chi connectivity index (χ2v) is 6.08. The van der Waals surface area contributed by atoms with Gasteiger partial charge in [0.25, 0.3) is 0 Å². The van der Waals surface area contributed by atoms with Crippen molar-refractivity contribution in [2.75, 3.05) is 21.3 Å². The highest BCUT2D eigenvalue weighted by Gasteiger charge is 2.21. The number of hydrogen-bond donors (Lipinski definition) is 1. The highest BCUT2D eigenvalue weighted by molar-refractivity contribution is 6.45. The van der Waals surface area contributed by atoms with Gasteiger partial charge in [-0.1, -0.05) is 34.8 Å². The number of halogens is 3. The standard InChI is InChI=1S/C16H14Cl3N3O5/c1-25-8-4-7(5-9(26-2)14(8)27-3)6-20-22-12-10(17)13(16(23)24)21-15(19)11(12)18/h4-5H,6H2,1-3H3,(H,23,24). The largest absolute Gasteiger partial charge is 0.493 e. The summed E-state index contributed by atoms with van der Waals surface area (Å²) in [5.41, 5.74) is 0.148. The lowest BCUT2D eigenvalue weighted by molar-refractivity contribution is 0.0690. The van der Waals surface area contributed by atoms with Crippen molar-refractivity contribution < 1.29 is 24.1 Å². The third kappa shape index (κ3) is 4.52. The van der Waals surface area contributed by atoms with E-state index in [9.17, 15) is 4.79 Å². The number of pyridine rings is 1. The summed E-state index contributed by atoms with van der Waals surface area (Å²) < 4.78 is 15.8. The summed E-state index contributed by atoms with van der Waals surface area (Å²) in [4.78, 5) is 14.8. The number of rotatable bonds is 7. The number of benzene rings is 1. The Morgan fingerprint density at radius 1 is 1.07 bits per heavy atom. The molecule has 144 valence electrons. The molecule has 8 nitrogen and oxygen atoms in total. The van der Waals surface area contributed by atoms with Crippen molar-refractivity contribution >= 4 is 46.5 Å². The van der Waals surface area contributed by atoms with Gasteiger partial charge in [-0.05, 0) is 17.7 Å². The number of nitrogens with zero attached hydrogens (tertiary/aromatic N) is 3. The topological polar surface area (TPSA) is 103 Å². The fraction of sp³-hybridized carbons (Fsp3) is 0.250. The van der Waals surface area contributed by atoms with Crippen LogP contribution in [0.5, 0.6) is 17.2 Å². The molecular weight excluding hydrogens is 421 g/mol. The third-order valence-corrected chi connectivity index (χ3v) is 4.45. The lowest BCUT2D eigenvalue weighted by atomic mass is 10.2. The van der Waals surface area contributed by atoms with Crippen LogP contribution in [0.3, 0.4) is 0 Å². The van der Waals surface area contributed by atoms with Gasteiger partial charge in [0.1, 0.15) is 15.7 Å². The number of aromatic nitrogens is 1. The zero-order valence-electron chi connectivity index (χ0n) is 14.4. The van der Waals surface area contributed by atoms with Gasteiger partial charge in [-0.3, -0.25) is 0 Å². The fourth-order valence-corrected chi connectivity index (χ4v) is 2.80. The van der Waals surface area contributed by atoms with Crippen molar-refractivity contribution in [2.45, 2.75) is 6.54 Å². The smallest absolute Gasteiger partial charge is 0.356 e. The fourth-order valence-electron chi connectivity index (χ4n) is 2.15. The number of carboxylic acid groups (broad SMARTS) is 1. The van der Waals surface area contributed by atoms with Crippen LogP contribution in [0.1, 0.15) is 16.1 Å². The molecule has 1 heterocycles. The summed E-state index contributed by atoms with van der Waals surface area (Å²) in [6.07, 6.45) is 0. The van der Waals surface area contributed by atoms with Gasteiger partial charge >= 0.3 is 5.97 Å². The maximum atomic E-state index is 11.2. The van der Waals surface area contributed by atoms with Gasteiger partial charge in [0.15, 0.2) is 22.3 Å². The lowest BCUT2D eigenvalue weighted by Gasteiger charge is -2.13. The average Bonchev–Trinajstić information content (AvgIpc) is 2.66. The normalized spacial score (nSPS) is 10.9. The van der Waals surface area contributed by atoms with Crippen LogP contribution in [0.4, 0.5) is 5.69 Å². The second-order valence-electron chi connectivity index (χ2n) is 4.97. The Labute approximate surface area is 169 Å². The van der Waals surface area contributed by atoms with Crippen LogP contribution in [0, 0.1) is 0 Å². The van der Waals surface area contributed by atoms with Crippen LogP contribution in [0.25, 0.3) is 0 Å². The number of carboxylic acids is 1. The molecule has 1 N–H and O–H groups in total. The van der Waals surface area contributed by atoms with E-state index < -0.39 is 11.7 Å². The molecule has 1 aromatic carbocycles. The number of aromatic carboxylic acids is 1. The van der Waals surface area contributed by atoms with Gasteiger partial charge in [0.05, 0.1) is 27.9 Å². The molecule has 2 aromatic rings. The maximum Gasteiger partial charge on any atom is 0.356 e. The maximum absolute atomic E-state index is 11.2. The van der Waals surface area contributed by atoms with E-state index in [1.54, 1.807) is 12.1 Å². The van der Waals surface area contributed by atoms with E-state index in [1.165, 1.54) is 21.3 Å². The minimum absolute atomic E-state index is 0.0804. The van der Waals surface area contributed by atoms with Gasteiger partial charge in [0, 0.05) is 0 Å². The lowest BCUT2D eigenvalue weighted by Crippen LogP contribution is -2.02. The summed E-state index contributed by atoms with van der Waals surface area (Å²) in [6, 6.07) is 3.40. The molecule has 11 heteroatoms. The zero-order chi connectivity index (χ0) is 20.1. The first-order valence-electron chi connectivity index (χ1n) is 7.28. The SMILES string of the molecule is COc1cc(CN=Nc2c(Cl)c(Cl)nc(C(=O)O)c2Cl)cc(OC)c1OC. The monoisotopic (exact) mass is 433 g/mol. The van der Waals surface area contributed by atoms with Crippen molar-refractivity contribution in [2.24, 2.45) is 10.2 Å². The van der Waals surface area contributed by atoms with Crippen LogP contribution in [0.15, 0.2) is 22.4 Å². The average molecular weight is 435 g/mol.